The number of hydrogen-bond donors (Lipinski definition) is 0. The van der Waals surface area contributed by atoms with Gasteiger partial charge in [0.15, 0.2) is 13.5 Å². The van der Waals surface area contributed by atoms with Gasteiger partial charge in [0.25, 0.3) is 0 Å². The summed E-state index contributed by atoms with van der Waals surface area (Å²) in [5.74, 6) is 0. The Bertz CT molecular complexity index is 736. The lowest BCUT2D eigenvalue weighted by Gasteiger charge is -2.03. The van der Waals surface area contributed by atoms with Crippen LogP contribution in [0, 0.1) is 0 Å². The van der Waals surface area contributed by atoms with E-state index in [9.17, 15) is 0 Å². The Morgan fingerprint density at radius 2 is 0.805 bits per heavy atom. The maximum Gasteiger partial charge on any atom is 0.245 e. The molecule has 0 aromatic carbocycles. The summed E-state index contributed by atoms with van der Waals surface area (Å²) in [5.41, 5.74) is 0. The van der Waals surface area contributed by atoms with Gasteiger partial charge in [-0.05, 0) is 44.9 Å². The molecule has 0 spiro atoms. The van der Waals surface area contributed by atoms with Crippen molar-refractivity contribution in [2.75, 3.05) is 13.2 Å². The summed E-state index contributed by atoms with van der Waals surface area (Å²) in [4.78, 5) is 0. The minimum Gasteiger partial charge on any atom is -1.00 e. The van der Waals surface area contributed by atoms with Gasteiger partial charge in [-0.1, -0.05) is 90.9 Å². The van der Waals surface area contributed by atoms with Crippen molar-refractivity contribution in [1.29, 1.82) is 0 Å². The van der Waals surface area contributed by atoms with Crippen LogP contribution in [0.3, 0.4) is 0 Å². The van der Waals surface area contributed by atoms with Crippen molar-refractivity contribution < 1.29 is 43.4 Å². The van der Waals surface area contributed by atoms with E-state index >= 15 is 0 Å². The van der Waals surface area contributed by atoms with Crippen LogP contribution in [0.1, 0.15) is 136 Å². The maximum absolute atomic E-state index is 5.87. The van der Waals surface area contributed by atoms with Gasteiger partial charge in [-0.2, -0.15) is 0 Å². The van der Waals surface area contributed by atoms with Gasteiger partial charge in [0, 0.05) is 0 Å². The zero-order chi connectivity index (χ0) is 27.6. The second kappa shape index (κ2) is 29.0. The SMILES string of the molecule is CCCCCCCCCCn1cc[n+](COCCCCCOC[n+]2ccn(CCCCCCCCCC)c2)c1.[Cl-].[Cl-]. The Morgan fingerprint density at radius 3 is 1.20 bits per heavy atom. The van der Waals surface area contributed by atoms with Crippen molar-refractivity contribution in [3.63, 3.8) is 0 Å². The molecule has 0 radical (unpaired) electrons. The van der Waals surface area contributed by atoms with Crippen molar-refractivity contribution in [2.24, 2.45) is 0 Å². The number of nitrogens with zero attached hydrogens (tertiary/aromatic N) is 4. The molecule has 8 heteroatoms. The van der Waals surface area contributed by atoms with Gasteiger partial charge in [0.2, 0.25) is 12.7 Å². The first-order valence-corrected chi connectivity index (χ1v) is 16.6. The molecular weight excluding hydrogens is 555 g/mol. The Balaban J connectivity index is 0.00000800. The standard InChI is InChI=1S/C33H62N4O2.2ClH/c1-3-5-7-9-11-13-15-18-22-34-24-26-36(30-34)32-38-28-20-17-21-29-39-33-37-27-25-35(31-37)23-19-16-14-12-10-8-6-4-2;;/h24-27,30-31H,3-23,28-29,32-33H2,1-2H3;2*1H/q+2;;/p-2. The third-order valence-corrected chi connectivity index (χ3v) is 7.59. The number of aromatic nitrogens is 4. The van der Waals surface area contributed by atoms with Crippen LogP contribution in [0.15, 0.2) is 37.4 Å². The molecule has 0 amide bonds. The van der Waals surface area contributed by atoms with E-state index in [4.69, 9.17) is 9.47 Å². The molecule has 0 atom stereocenters. The monoisotopic (exact) mass is 616 g/mol. The highest BCUT2D eigenvalue weighted by molar-refractivity contribution is 4.66. The first kappa shape index (κ1) is 39.9. The number of halogens is 2. The Kier molecular flexibility index (Phi) is 28.2. The van der Waals surface area contributed by atoms with Crippen molar-refractivity contribution >= 4 is 0 Å². The number of rotatable bonds is 28. The predicted molar refractivity (Wildman–Crippen MR) is 160 cm³/mol. The fraction of sp³-hybridized carbons (Fsp3) is 0.818. The van der Waals surface area contributed by atoms with Gasteiger partial charge in [0.05, 0.1) is 26.3 Å². The molecule has 0 saturated heterocycles. The maximum atomic E-state index is 5.87. The second-order valence-corrected chi connectivity index (χ2v) is 11.4. The molecule has 240 valence electrons. The van der Waals surface area contributed by atoms with Crippen LogP contribution in [0.25, 0.3) is 0 Å². The van der Waals surface area contributed by atoms with Crippen molar-refractivity contribution in [3.05, 3.63) is 37.4 Å². The molecule has 6 nitrogen and oxygen atoms in total. The van der Waals surface area contributed by atoms with Gasteiger partial charge in [-0.3, -0.25) is 0 Å². The van der Waals surface area contributed by atoms with E-state index in [0.717, 1.165) is 45.6 Å². The number of unbranched alkanes of at least 4 members (excludes halogenated alkanes) is 16. The summed E-state index contributed by atoms with van der Waals surface area (Å²) in [6.45, 7) is 9.71. The Labute approximate surface area is 265 Å². The Morgan fingerprint density at radius 1 is 0.463 bits per heavy atom. The quantitative estimate of drug-likeness (QED) is 0.108. The summed E-state index contributed by atoms with van der Waals surface area (Å²) in [5, 5.41) is 0. The lowest BCUT2D eigenvalue weighted by atomic mass is 10.1. The Hall–Kier alpha value is -1.08. The fourth-order valence-electron chi connectivity index (χ4n) is 5.08. The van der Waals surface area contributed by atoms with Crippen LogP contribution < -0.4 is 33.9 Å². The van der Waals surface area contributed by atoms with Crippen LogP contribution in [0.4, 0.5) is 0 Å². The highest BCUT2D eigenvalue weighted by atomic mass is 35.5. The van der Waals surface area contributed by atoms with Gasteiger partial charge in [-0.15, -0.1) is 0 Å². The molecule has 0 unspecified atom stereocenters. The number of hydrogen-bond acceptors (Lipinski definition) is 2. The summed E-state index contributed by atoms with van der Waals surface area (Å²) >= 11 is 0. The molecule has 0 N–H and O–H groups in total. The molecule has 41 heavy (non-hydrogen) atoms. The zero-order valence-electron chi connectivity index (χ0n) is 26.5. The van der Waals surface area contributed by atoms with E-state index in [1.807, 2.05) is 0 Å². The summed E-state index contributed by atoms with van der Waals surface area (Å²) < 4.78 is 20.6. The summed E-state index contributed by atoms with van der Waals surface area (Å²) in [6.07, 6.45) is 38.2. The van der Waals surface area contributed by atoms with Crippen LogP contribution in [-0.2, 0) is 36.0 Å². The van der Waals surface area contributed by atoms with Crippen LogP contribution in [-0.4, -0.2) is 22.3 Å². The average Bonchev–Trinajstić information content (AvgIpc) is 3.60. The van der Waals surface area contributed by atoms with Gasteiger partial charge < -0.3 is 34.3 Å². The smallest absolute Gasteiger partial charge is 0.245 e. The first-order valence-electron chi connectivity index (χ1n) is 16.6. The van der Waals surface area contributed by atoms with Gasteiger partial charge in [-0.25, -0.2) is 18.3 Å². The molecule has 2 rings (SSSR count). The van der Waals surface area contributed by atoms with Gasteiger partial charge in [0.1, 0.15) is 24.8 Å². The molecule has 0 saturated carbocycles. The molecule has 2 aromatic heterocycles. The second-order valence-electron chi connectivity index (χ2n) is 11.4. The molecule has 0 fully saturated rings. The lowest BCUT2D eigenvalue weighted by molar-refractivity contribution is -0.732. The first-order chi connectivity index (χ1) is 19.3. The molecule has 2 heterocycles. The highest BCUT2D eigenvalue weighted by Gasteiger charge is 2.05. The lowest BCUT2D eigenvalue weighted by Crippen LogP contribution is -3.00. The van der Waals surface area contributed by atoms with Crippen LogP contribution in [0.5, 0.6) is 0 Å². The number of imidazole rings is 2. The zero-order valence-corrected chi connectivity index (χ0v) is 28.0. The fourth-order valence-corrected chi connectivity index (χ4v) is 5.08. The normalized spacial score (nSPS) is 11.0. The van der Waals surface area contributed by atoms with E-state index in [1.54, 1.807) is 0 Å². The van der Waals surface area contributed by atoms with E-state index in [1.165, 1.54) is 103 Å². The van der Waals surface area contributed by atoms with Crippen molar-refractivity contribution in [1.82, 2.24) is 9.13 Å². The molecular formula is C33H62Cl2N4O2. The summed E-state index contributed by atoms with van der Waals surface area (Å²) in [7, 11) is 0. The number of ether oxygens (including phenoxy) is 2. The summed E-state index contributed by atoms with van der Waals surface area (Å²) in [6, 6.07) is 0. The van der Waals surface area contributed by atoms with Crippen molar-refractivity contribution in [2.45, 2.75) is 162 Å². The third kappa shape index (κ3) is 22.2. The van der Waals surface area contributed by atoms with Crippen LogP contribution >= 0.6 is 0 Å². The molecule has 0 aliphatic rings. The van der Waals surface area contributed by atoms with E-state index in [-0.39, 0.29) is 24.8 Å². The molecule has 0 bridgehead atoms. The van der Waals surface area contributed by atoms with E-state index in [2.05, 4.69) is 69.6 Å². The average molecular weight is 618 g/mol. The molecule has 2 aromatic rings. The van der Waals surface area contributed by atoms with Crippen molar-refractivity contribution in [3.8, 4) is 0 Å². The molecule has 0 aliphatic heterocycles. The molecule has 0 aliphatic carbocycles. The van der Waals surface area contributed by atoms with Gasteiger partial charge >= 0.3 is 0 Å². The van der Waals surface area contributed by atoms with E-state index < -0.39 is 0 Å². The third-order valence-electron chi connectivity index (χ3n) is 7.59. The predicted octanol–water partition coefficient (Wildman–Crippen LogP) is 1.97. The number of aryl methyl sites for hydroxylation is 2. The minimum absolute atomic E-state index is 0. The largest absolute Gasteiger partial charge is 1.00 e. The van der Waals surface area contributed by atoms with E-state index in [0.29, 0.717) is 13.5 Å². The van der Waals surface area contributed by atoms with Crippen LogP contribution in [0.2, 0.25) is 0 Å². The highest BCUT2D eigenvalue weighted by Crippen LogP contribution is 2.10. The topological polar surface area (TPSA) is 36.1 Å². The minimum atomic E-state index is 0.